The Hall–Kier alpha value is -0.450. The Kier molecular flexibility index (Phi) is 4.70. The number of aromatic nitrogens is 1. The van der Waals surface area contributed by atoms with Crippen molar-refractivity contribution in [3.63, 3.8) is 0 Å². The molecule has 5 heteroatoms. The van der Waals surface area contributed by atoms with E-state index in [9.17, 15) is 5.11 Å². The van der Waals surface area contributed by atoms with Crippen LogP contribution in [0.25, 0.3) is 0 Å². The predicted octanol–water partition coefficient (Wildman–Crippen LogP) is 2.26. The number of nitrogens with zero attached hydrogens (tertiary/aromatic N) is 1. The summed E-state index contributed by atoms with van der Waals surface area (Å²) in [6.45, 7) is 2.27. The first-order valence-corrected chi connectivity index (χ1v) is 6.37. The van der Waals surface area contributed by atoms with Crippen LogP contribution in [0.4, 0.5) is 5.69 Å². The number of aliphatic hydroxyl groups is 1. The van der Waals surface area contributed by atoms with Crippen LogP contribution in [0.1, 0.15) is 6.92 Å². The maximum absolute atomic E-state index is 9.92. The fourth-order valence-corrected chi connectivity index (χ4v) is 2.08. The Labute approximate surface area is 99.2 Å². The lowest BCUT2D eigenvalue weighted by Gasteiger charge is -2.23. The zero-order valence-electron chi connectivity index (χ0n) is 8.83. The van der Waals surface area contributed by atoms with Gasteiger partial charge >= 0.3 is 0 Å². The normalized spacial score (nSPS) is 14.7. The van der Waals surface area contributed by atoms with Crippen molar-refractivity contribution < 1.29 is 5.11 Å². The molecular weight excluding hydrogens is 232 g/mol. The van der Waals surface area contributed by atoms with Gasteiger partial charge in [-0.15, -0.1) is 0 Å². The van der Waals surface area contributed by atoms with Crippen LogP contribution in [0.5, 0.6) is 0 Å². The summed E-state index contributed by atoms with van der Waals surface area (Å²) >= 11 is 7.53. The molecule has 1 heterocycles. The van der Waals surface area contributed by atoms with Gasteiger partial charge in [-0.3, -0.25) is 4.98 Å². The summed E-state index contributed by atoms with van der Waals surface area (Å²) in [5.41, 5.74) is 0.0690. The second-order valence-corrected chi connectivity index (χ2v) is 4.91. The maximum Gasteiger partial charge on any atom is 0.0880 e. The summed E-state index contributed by atoms with van der Waals surface area (Å²) in [5, 5.41) is 13.6. The molecule has 0 spiro atoms. The number of nitrogens with one attached hydrogen (secondary N) is 1. The van der Waals surface area contributed by atoms with Crippen LogP contribution in [0.2, 0.25) is 5.02 Å². The summed E-state index contributed by atoms with van der Waals surface area (Å²) in [4.78, 5) is 3.89. The van der Waals surface area contributed by atoms with Crippen molar-refractivity contribution in [3.05, 3.63) is 23.5 Å². The van der Waals surface area contributed by atoms with Crippen LogP contribution in [0.15, 0.2) is 18.5 Å². The van der Waals surface area contributed by atoms with Crippen molar-refractivity contribution in [2.24, 2.45) is 0 Å². The van der Waals surface area contributed by atoms with E-state index in [0.717, 1.165) is 5.69 Å². The van der Waals surface area contributed by atoms with Gasteiger partial charge in [-0.2, -0.15) is 11.8 Å². The van der Waals surface area contributed by atoms with Crippen molar-refractivity contribution in [1.29, 1.82) is 0 Å². The lowest BCUT2D eigenvalue weighted by Crippen LogP contribution is -2.36. The SMILES string of the molecule is CSCC(C)(O)CNc1ccncc1Cl. The number of hydrogen-bond donors (Lipinski definition) is 2. The lowest BCUT2D eigenvalue weighted by atomic mass is 10.1. The summed E-state index contributed by atoms with van der Waals surface area (Å²) in [6.07, 6.45) is 5.21. The Bertz CT molecular complexity index is 320. The number of anilines is 1. The molecule has 1 unspecified atom stereocenters. The van der Waals surface area contributed by atoms with Crippen molar-refractivity contribution in [1.82, 2.24) is 4.98 Å². The van der Waals surface area contributed by atoms with Crippen LogP contribution in [-0.4, -0.2) is 34.2 Å². The number of halogens is 1. The molecule has 84 valence electrons. The zero-order valence-corrected chi connectivity index (χ0v) is 10.4. The van der Waals surface area contributed by atoms with Crippen LogP contribution in [0.3, 0.4) is 0 Å². The van der Waals surface area contributed by atoms with Crippen molar-refractivity contribution in [2.75, 3.05) is 23.9 Å². The van der Waals surface area contributed by atoms with E-state index in [4.69, 9.17) is 11.6 Å². The molecule has 0 aliphatic rings. The van der Waals surface area contributed by atoms with Gasteiger partial charge in [0.2, 0.25) is 0 Å². The maximum atomic E-state index is 9.92. The van der Waals surface area contributed by atoms with E-state index in [0.29, 0.717) is 17.3 Å². The second-order valence-electron chi connectivity index (χ2n) is 3.64. The van der Waals surface area contributed by atoms with Gasteiger partial charge in [-0.1, -0.05) is 11.6 Å². The average Bonchev–Trinajstić information content (AvgIpc) is 2.16. The summed E-state index contributed by atoms with van der Waals surface area (Å²) in [6, 6.07) is 1.79. The van der Waals surface area contributed by atoms with E-state index in [2.05, 4.69) is 10.3 Å². The fourth-order valence-electron chi connectivity index (χ4n) is 1.17. The number of rotatable bonds is 5. The van der Waals surface area contributed by atoms with Gasteiger partial charge in [0.25, 0.3) is 0 Å². The quantitative estimate of drug-likeness (QED) is 0.837. The van der Waals surface area contributed by atoms with Gasteiger partial charge in [-0.05, 0) is 19.2 Å². The van der Waals surface area contributed by atoms with Gasteiger partial charge in [0, 0.05) is 24.7 Å². The van der Waals surface area contributed by atoms with E-state index in [1.165, 1.54) is 0 Å². The predicted molar refractivity (Wildman–Crippen MR) is 66.7 cm³/mol. The second kappa shape index (κ2) is 5.58. The van der Waals surface area contributed by atoms with Crippen LogP contribution >= 0.6 is 23.4 Å². The van der Waals surface area contributed by atoms with E-state index in [1.54, 1.807) is 37.1 Å². The standard InChI is InChI=1S/C10H15ClN2OS/c1-10(14,7-15-2)6-13-9-3-4-12-5-8(9)11/h3-5,14H,6-7H2,1-2H3,(H,12,13). The first-order valence-electron chi connectivity index (χ1n) is 4.60. The molecule has 0 aliphatic carbocycles. The smallest absolute Gasteiger partial charge is 0.0880 e. The van der Waals surface area contributed by atoms with Gasteiger partial charge < -0.3 is 10.4 Å². The van der Waals surface area contributed by atoms with Crippen LogP contribution in [-0.2, 0) is 0 Å². The van der Waals surface area contributed by atoms with Crippen molar-refractivity contribution in [3.8, 4) is 0 Å². The molecule has 1 aromatic rings. The molecule has 1 rings (SSSR count). The fraction of sp³-hybridized carbons (Fsp3) is 0.500. The Morgan fingerprint density at radius 1 is 1.67 bits per heavy atom. The minimum atomic E-state index is -0.730. The molecule has 1 atom stereocenters. The van der Waals surface area contributed by atoms with Gasteiger partial charge in [0.15, 0.2) is 0 Å². The molecule has 0 aliphatic heterocycles. The van der Waals surface area contributed by atoms with Crippen LogP contribution < -0.4 is 5.32 Å². The monoisotopic (exact) mass is 246 g/mol. The highest BCUT2D eigenvalue weighted by Gasteiger charge is 2.19. The van der Waals surface area contributed by atoms with Crippen LogP contribution in [0, 0.1) is 0 Å². The molecule has 0 fully saturated rings. The Morgan fingerprint density at radius 2 is 2.40 bits per heavy atom. The third-order valence-electron chi connectivity index (χ3n) is 1.89. The molecule has 1 aromatic heterocycles. The van der Waals surface area contributed by atoms with E-state index in [1.807, 2.05) is 6.26 Å². The van der Waals surface area contributed by atoms with Gasteiger partial charge in [0.05, 0.1) is 16.3 Å². The molecule has 0 bridgehead atoms. The van der Waals surface area contributed by atoms with Crippen molar-refractivity contribution in [2.45, 2.75) is 12.5 Å². The minimum Gasteiger partial charge on any atom is -0.387 e. The number of hydrogen-bond acceptors (Lipinski definition) is 4. The minimum absolute atomic E-state index is 0.470. The topological polar surface area (TPSA) is 45.1 Å². The number of thioether (sulfide) groups is 1. The highest BCUT2D eigenvalue weighted by atomic mass is 35.5. The largest absolute Gasteiger partial charge is 0.387 e. The van der Waals surface area contributed by atoms with Gasteiger partial charge in [0.1, 0.15) is 0 Å². The molecule has 0 radical (unpaired) electrons. The van der Waals surface area contributed by atoms with Crippen molar-refractivity contribution >= 4 is 29.1 Å². The Morgan fingerprint density at radius 3 is 3.00 bits per heavy atom. The molecule has 0 aromatic carbocycles. The van der Waals surface area contributed by atoms with Gasteiger partial charge in [-0.25, -0.2) is 0 Å². The lowest BCUT2D eigenvalue weighted by molar-refractivity contribution is 0.0997. The summed E-state index contributed by atoms with van der Waals surface area (Å²) in [5.74, 6) is 0.683. The third-order valence-corrected chi connectivity index (χ3v) is 3.10. The highest BCUT2D eigenvalue weighted by Crippen LogP contribution is 2.20. The molecule has 0 amide bonds. The van der Waals surface area contributed by atoms with E-state index in [-0.39, 0.29) is 0 Å². The van der Waals surface area contributed by atoms with E-state index < -0.39 is 5.60 Å². The Balaban J connectivity index is 2.53. The third kappa shape index (κ3) is 4.28. The molecule has 15 heavy (non-hydrogen) atoms. The number of pyridine rings is 1. The average molecular weight is 247 g/mol. The summed E-state index contributed by atoms with van der Waals surface area (Å²) < 4.78 is 0. The molecule has 0 saturated carbocycles. The first kappa shape index (κ1) is 12.6. The van der Waals surface area contributed by atoms with E-state index >= 15 is 0 Å². The molecular formula is C10H15ClN2OS. The molecule has 3 nitrogen and oxygen atoms in total. The zero-order chi connectivity index (χ0) is 11.3. The molecule has 0 saturated heterocycles. The summed E-state index contributed by atoms with van der Waals surface area (Å²) in [7, 11) is 0. The first-order chi connectivity index (χ1) is 7.05. The highest BCUT2D eigenvalue weighted by molar-refractivity contribution is 7.98. The molecule has 2 N–H and O–H groups in total.